The zero-order chi connectivity index (χ0) is 17.9. The van der Waals surface area contributed by atoms with Crippen LogP contribution in [0.3, 0.4) is 0 Å². The molecule has 7 heteroatoms. The summed E-state index contributed by atoms with van der Waals surface area (Å²) in [6.07, 6.45) is 1.12. The van der Waals surface area contributed by atoms with E-state index in [0.29, 0.717) is 36.8 Å². The number of likely N-dealkylation sites (tertiary alicyclic amines) is 1. The molecule has 6 nitrogen and oxygen atoms in total. The first-order chi connectivity index (χ1) is 11.3. The van der Waals surface area contributed by atoms with E-state index in [1.165, 1.54) is 0 Å². The number of carbonyl (C=O) groups excluding carboxylic acids is 1. The summed E-state index contributed by atoms with van der Waals surface area (Å²) in [7, 11) is 4.69. The number of benzene rings is 1. The minimum atomic E-state index is -0.0663. The minimum absolute atomic E-state index is 0. The Morgan fingerprint density at radius 2 is 1.76 bits per heavy atom. The Morgan fingerprint density at radius 1 is 1.20 bits per heavy atom. The molecule has 0 aromatic heterocycles. The normalized spacial score (nSPS) is 19.0. The average Bonchev–Trinajstić information content (AvgIpc) is 2.56. The Hall–Kier alpha value is -1.66. The van der Waals surface area contributed by atoms with Crippen LogP contribution in [0.5, 0.6) is 17.2 Å². The van der Waals surface area contributed by atoms with E-state index in [-0.39, 0.29) is 29.8 Å². The van der Waals surface area contributed by atoms with Crippen LogP contribution in [0.15, 0.2) is 12.1 Å². The molecule has 1 aliphatic heterocycles. The van der Waals surface area contributed by atoms with Crippen molar-refractivity contribution in [1.29, 1.82) is 0 Å². The molecule has 1 amide bonds. The van der Waals surface area contributed by atoms with Crippen LogP contribution in [0.1, 0.15) is 25.8 Å². The van der Waals surface area contributed by atoms with Crippen molar-refractivity contribution in [2.75, 3.05) is 34.4 Å². The molecule has 1 fully saturated rings. The van der Waals surface area contributed by atoms with Crippen LogP contribution in [0.25, 0.3) is 0 Å². The second-order valence-corrected chi connectivity index (χ2v) is 6.91. The molecule has 1 aromatic carbocycles. The van der Waals surface area contributed by atoms with Crippen molar-refractivity contribution in [2.45, 2.75) is 32.7 Å². The van der Waals surface area contributed by atoms with Crippen LogP contribution in [0.4, 0.5) is 0 Å². The molecule has 0 bridgehead atoms. The summed E-state index contributed by atoms with van der Waals surface area (Å²) in [6, 6.07) is 3.77. The van der Waals surface area contributed by atoms with Crippen LogP contribution in [-0.2, 0) is 11.2 Å². The van der Waals surface area contributed by atoms with E-state index in [4.69, 9.17) is 19.9 Å². The van der Waals surface area contributed by atoms with Gasteiger partial charge in [0.15, 0.2) is 11.5 Å². The number of hydrogen-bond donors (Lipinski definition) is 1. The Labute approximate surface area is 156 Å². The van der Waals surface area contributed by atoms with Crippen LogP contribution >= 0.6 is 12.4 Å². The van der Waals surface area contributed by atoms with Crippen molar-refractivity contribution in [2.24, 2.45) is 11.1 Å². The van der Waals surface area contributed by atoms with Gasteiger partial charge in [0, 0.05) is 19.1 Å². The van der Waals surface area contributed by atoms with Crippen molar-refractivity contribution >= 4 is 18.3 Å². The Kier molecular flexibility index (Phi) is 7.38. The number of amides is 1. The molecule has 2 rings (SSSR count). The first-order valence-corrected chi connectivity index (χ1v) is 8.14. The predicted molar refractivity (Wildman–Crippen MR) is 100 cm³/mol. The number of nitrogens with two attached hydrogens (primary N) is 1. The fourth-order valence-corrected chi connectivity index (χ4v) is 3.11. The van der Waals surface area contributed by atoms with E-state index >= 15 is 0 Å². The molecule has 1 aromatic rings. The lowest BCUT2D eigenvalue weighted by Crippen LogP contribution is -2.54. The van der Waals surface area contributed by atoms with E-state index in [1.54, 1.807) is 21.3 Å². The number of carbonyl (C=O) groups is 1. The summed E-state index contributed by atoms with van der Waals surface area (Å²) in [5.74, 6) is 1.73. The summed E-state index contributed by atoms with van der Waals surface area (Å²) in [4.78, 5) is 14.6. The second-order valence-electron chi connectivity index (χ2n) is 6.91. The maximum atomic E-state index is 12.7. The van der Waals surface area contributed by atoms with E-state index in [2.05, 4.69) is 13.8 Å². The molecule has 2 N–H and O–H groups in total. The van der Waals surface area contributed by atoms with Gasteiger partial charge in [-0.1, -0.05) is 13.8 Å². The van der Waals surface area contributed by atoms with Crippen molar-refractivity contribution in [3.8, 4) is 17.2 Å². The number of hydrogen-bond acceptors (Lipinski definition) is 5. The molecule has 1 unspecified atom stereocenters. The number of nitrogens with zero attached hydrogens (tertiary/aromatic N) is 1. The maximum absolute atomic E-state index is 12.7. The highest BCUT2D eigenvalue weighted by molar-refractivity contribution is 5.85. The van der Waals surface area contributed by atoms with Crippen LogP contribution in [0.2, 0.25) is 0 Å². The number of halogens is 1. The van der Waals surface area contributed by atoms with Crippen LogP contribution < -0.4 is 19.9 Å². The summed E-state index contributed by atoms with van der Waals surface area (Å²) in [5, 5.41) is 0. The lowest BCUT2D eigenvalue weighted by Gasteiger charge is -2.42. The topological polar surface area (TPSA) is 74.0 Å². The van der Waals surface area contributed by atoms with Gasteiger partial charge in [0.1, 0.15) is 0 Å². The van der Waals surface area contributed by atoms with Crippen LogP contribution in [0, 0.1) is 5.41 Å². The maximum Gasteiger partial charge on any atom is 0.227 e. The molecule has 25 heavy (non-hydrogen) atoms. The molecule has 0 saturated carbocycles. The van der Waals surface area contributed by atoms with Crippen molar-refractivity contribution in [3.63, 3.8) is 0 Å². The summed E-state index contributed by atoms with van der Waals surface area (Å²) in [6.45, 7) is 5.60. The quantitative estimate of drug-likeness (QED) is 0.858. The molecule has 0 radical (unpaired) electrons. The molecule has 0 aliphatic carbocycles. The van der Waals surface area contributed by atoms with Gasteiger partial charge in [-0.25, -0.2) is 0 Å². The Bertz CT molecular complexity index is 582. The van der Waals surface area contributed by atoms with Crippen molar-refractivity contribution in [1.82, 2.24) is 4.90 Å². The molecule has 1 heterocycles. The first-order valence-electron chi connectivity index (χ1n) is 8.14. The molecule has 0 spiro atoms. The smallest absolute Gasteiger partial charge is 0.227 e. The van der Waals surface area contributed by atoms with Gasteiger partial charge in [-0.15, -0.1) is 12.4 Å². The lowest BCUT2D eigenvalue weighted by atomic mass is 9.79. The fraction of sp³-hybridized carbons (Fsp3) is 0.611. The van der Waals surface area contributed by atoms with E-state index in [1.807, 2.05) is 17.0 Å². The summed E-state index contributed by atoms with van der Waals surface area (Å²) in [5.41, 5.74) is 6.92. The minimum Gasteiger partial charge on any atom is -0.493 e. The Balaban J connectivity index is 0.00000312. The van der Waals surface area contributed by atoms with E-state index in [9.17, 15) is 4.79 Å². The standard InChI is InChI=1S/C18H28N2O4.ClH/c1-18(2)11-20(7-6-15(18)19)16(21)10-12-8-13(22-3)17(24-5)14(9-12)23-4;/h8-9,15H,6-7,10-11,19H2,1-5H3;1H. The average molecular weight is 373 g/mol. The molecular weight excluding hydrogens is 344 g/mol. The SMILES string of the molecule is COc1cc(CC(=O)N2CCC(N)C(C)(C)C2)cc(OC)c1OC.Cl. The highest BCUT2D eigenvalue weighted by Crippen LogP contribution is 2.38. The predicted octanol–water partition coefficient (Wildman–Crippen LogP) is 2.26. The zero-order valence-electron chi connectivity index (χ0n) is 15.6. The van der Waals surface area contributed by atoms with E-state index in [0.717, 1.165) is 12.0 Å². The van der Waals surface area contributed by atoms with Gasteiger partial charge in [-0.05, 0) is 29.5 Å². The fourth-order valence-electron chi connectivity index (χ4n) is 3.11. The van der Waals surface area contributed by atoms with Crippen LogP contribution in [-0.4, -0.2) is 51.3 Å². The third-order valence-corrected chi connectivity index (χ3v) is 4.74. The van der Waals surface area contributed by atoms with Gasteiger partial charge < -0.3 is 24.8 Å². The number of rotatable bonds is 5. The molecule has 142 valence electrons. The number of ether oxygens (including phenoxy) is 3. The van der Waals surface area contributed by atoms with Gasteiger partial charge in [-0.2, -0.15) is 0 Å². The largest absolute Gasteiger partial charge is 0.493 e. The third kappa shape index (κ3) is 4.70. The van der Waals surface area contributed by atoms with Gasteiger partial charge >= 0.3 is 0 Å². The van der Waals surface area contributed by atoms with Crippen molar-refractivity contribution < 1.29 is 19.0 Å². The van der Waals surface area contributed by atoms with E-state index < -0.39 is 0 Å². The van der Waals surface area contributed by atoms with Gasteiger partial charge in [-0.3, -0.25) is 4.79 Å². The zero-order valence-corrected chi connectivity index (χ0v) is 16.4. The number of methoxy groups -OCH3 is 3. The van der Waals surface area contributed by atoms with Gasteiger partial charge in [0.05, 0.1) is 27.8 Å². The Morgan fingerprint density at radius 3 is 2.20 bits per heavy atom. The molecule has 1 saturated heterocycles. The highest BCUT2D eigenvalue weighted by Gasteiger charge is 2.35. The molecule has 1 aliphatic rings. The molecular formula is C18H29ClN2O4. The monoisotopic (exact) mass is 372 g/mol. The van der Waals surface area contributed by atoms with Crippen molar-refractivity contribution in [3.05, 3.63) is 17.7 Å². The summed E-state index contributed by atoms with van der Waals surface area (Å²) < 4.78 is 16.0. The van der Waals surface area contributed by atoms with Gasteiger partial charge in [0.2, 0.25) is 11.7 Å². The lowest BCUT2D eigenvalue weighted by molar-refractivity contribution is -0.133. The number of piperidine rings is 1. The molecule has 1 atom stereocenters. The second kappa shape index (κ2) is 8.63. The van der Waals surface area contributed by atoms with Gasteiger partial charge in [0.25, 0.3) is 0 Å². The highest BCUT2D eigenvalue weighted by atomic mass is 35.5. The summed E-state index contributed by atoms with van der Waals surface area (Å²) >= 11 is 0. The first kappa shape index (κ1) is 21.4. The third-order valence-electron chi connectivity index (χ3n) is 4.74.